The summed E-state index contributed by atoms with van der Waals surface area (Å²) in [5.41, 5.74) is 3.92. The van der Waals surface area contributed by atoms with Crippen LogP contribution in [0.3, 0.4) is 0 Å². The summed E-state index contributed by atoms with van der Waals surface area (Å²) in [5.74, 6) is -0.0797. The second kappa shape index (κ2) is 6.64. The van der Waals surface area contributed by atoms with Gasteiger partial charge in [-0.3, -0.25) is 4.79 Å². The summed E-state index contributed by atoms with van der Waals surface area (Å²) in [4.78, 5) is 11.1. The fraction of sp³-hybridized carbons (Fsp3) is 0.235. The summed E-state index contributed by atoms with van der Waals surface area (Å²) in [7, 11) is 0. The number of benzene rings is 2. The number of halogens is 1. The molecule has 2 N–H and O–H groups in total. The Labute approximate surface area is 130 Å². The topological polar surface area (TPSA) is 41.1 Å². The summed E-state index contributed by atoms with van der Waals surface area (Å²) < 4.78 is 0. The Bertz CT molecular complexity index is 655. The molecule has 0 spiro atoms. The van der Waals surface area contributed by atoms with E-state index in [1.807, 2.05) is 49.4 Å². The van der Waals surface area contributed by atoms with Crippen molar-refractivity contribution in [2.45, 2.75) is 26.8 Å². The first kappa shape index (κ1) is 15.4. The molecule has 2 rings (SSSR count). The van der Waals surface area contributed by atoms with Crippen molar-refractivity contribution in [2.24, 2.45) is 0 Å². The van der Waals surface area contributed by atoms with Crippen molar-refractivity contribution in [3.05, 3.63) is 58.6 Å². The van der Waals surface area contributed by atoms with Gasteiger partial charge >= 0.3 is 0 Å². The molecular formula is C17H19ClN2O. The van der Waals surface area contributed by atoms with Gasteiger partial charge in [-0.15, -0.1) is 0 Å². The van der Waals surface area contributed by atoms with Crippen LogP contribution in [0.5, 0.6) is 0 Å². The quantitative estimate of drug-likeness (QED) is 0.853. The molecule has 0 aromatic heterocycles. The maximum absolute atomic E-state index is 11.1. The number of hydrogen-bond donors (Lipinski definition) is 2. The number of aryl methyl sites for hydroxylation is 1. The van der Waals surface area contributed by atoms with Gasteiger partial charge in [0.1, 0.15) is 0 Å². The molecule has 0 saturated heterocycles. The van der Waals surface area contributed by atoms with Crippen molar-refractivity contribution in [1.29, 1.82) is 0 Å². The molecule has 4 heteroatoms. The van der Waals surface area contributed by atoms with Crippen LogP contribution in [0.4, 0.5) is 11.4 Å². The number of carbonyl (C=O) groups excluding carboxylic acids is 1. The number of rotatable bonds is 4. The van der Waals surface area contributed by atoms with Gasteiger partial charge in [-0.25, -0.2) is 0 Å². The molecule has 0 aliphatic heterocycles. The second-order valence-corrected chi connectivity index (χ2v) is 5.51. The summed E-state index contributed by atoms with van der Waals surface area (Å²) in [6.45, 7) is 5.59. The Morgan fingerprint density at radius 1 is 1.19 bits per heavy atom. The number of amides is 1. The van der Waals surface area contributed by atoms with Crippen molar-refractivity contribution < 1.29 is 4.79 Å². The fourth-order valence-corrected chi connectivity index (χ4v) is 2.50. The fourth-order valence-electron chi connectivity index (χ4n) is 2.20. The Morgan fingerprint density at radius 2 is 1.90 bits per heavy atom. The van der Waals surface area contributed by atoms with Crippen molar-refractivity contribution in [1.82, 2.24) is 0 Å². The van der Waals surface area contributed by atoms with Crippen LogP contribution < -0.4 is 10.6 Å². The summed E-state index contributed by atoms with van der Waals surface area (Å²) >= 11 is 6.23. The van der Waals surface area contributed by atoms with E-state index in [-0.39, 0.29) is 11.9 Å². The minimum atomic E-state index is -0.0797. The monoisotopic (exact) mass is 302 g/mol. The molecule has 1 unspecified atom stereocenters. The second-order valence-electron chi connectivity index (χ2n) is 5.10. The van der Waals surface area contributed by atoms with Crippen LogP contribution >= 0.6 is 11.6 Å². The summed E-state index contributed by atoms with van der Waals surface area (Å²) in [6.07, 6.45) is 0. The maximum Gasteiger partial charge on any atom is 0.221 e. The molecule has 0 heterocycles. The molecule has 0 bridgehead atoms. The third-order valence-electron chi connectivity index (χ3n) is 3.30. The van der Waals surface area contributed by atoms with Crippen LogP contribution in [0.25, 0.3) is 0 Å². The van der Waals surface area contributed by atoms with E-state index < -0.39 is 0 Å². The van der Waals surface area contributed by atoms with Crippen LogP contribution in [-0.2, 0) is 4.79 Å². The minimum Gasteiger partial charge on any atom is -0.378 e. The van der Waals surface area contributed by atoms with Crippen LogP contribution in [0, 0.1) is 6.92 Å². The average molecular weight is 303 g/mol. The van der Waals surface area contributed by atoms with Gasteiger partial charge in [0.15, 0.2) is 0 Å². The molecule has 110 valence electrons. The van der Waals surface area contributed by atoms with Crippen LogP contribution in [0.1, 0.15) is 31.0 Å². The van der Waals surface area contributed by atoms with Gasteiger partial charge in [-0.1, -0.05) is 35.9 Å². The predicted molar refractivity (Wildman–Crippen MR) is 89.0 cm³/mol. The minimum absolute atomic E-state index is 0.0741. The number of carbonyl (C=O) groups is 1. The summed E-state index contributed by atoms with van der Waals surface area (Å²) in [5, 5.41) is 6.98. The van der Waals surface area contributed by atoms with Crippen LogP contribution in [0.15, 0.2) is 42.5 Å². The molecule has 21 heavy (non-hydrogen) atoms. The van der Waals surface area contributed by atoms with E-state index in [0.29, 0.717) is 0 Å². The lowest BCUT2D eigenvalue weighted by Gasteiger charge is -2.19. The van der Waals surface area contributed by atoms with E-state index in [9.17, 15) is 4.79 Å². The molecule has 0 fully saturated rings. The zero-order valence-electron chi connectivity index (χ0n) is 12.4. The van der Waals surface area contributed by atoms with Crippen LogP contribution in [-0.4, -0.2) is 5.91 Å². The van der Waals surface area contributed by atoms with Gasteiger partial charge in [0, 0.05) is 29.4 Å². The standard InChI is InChI=1S/C17H19ClN2O/c1-11-8-9-14(20-13(3)21)10-17(11)19-12(2)15-6-4-5-7-16(15)18/h4-10,12,19H,1-3H3,(H,20,21). The maximum atomic E-state index is 11.1. The Morgan fingerprint density at radius 3 is 2.57 bits per heavy atom. The van der Waals surface area contributed by atoms with Gasteiger partial charge in [-0.05, 0) is 43.2 Å². The van der Waals surface area contributed by atoms with Gasteiger partial charge in [0.25, 0.3) is 0 Å². The average Bonchev–Trinajstić information content (AvgIpc) is 2.42. The Balaban J connectivity index is 2.22. The highest BCUT2D eigenvalue weighted by Crippen LogP contribution is 2.28. The van der Waals surface area contributed by atoms with Crippen molar-refractivity contribution >= 4 is 28.9 Å². The molecule has 2 aromatic carbocycles. The lowest BCUT2D eigenvalue weighted by molar-refractivity contribution is -0.114. The van der Waals surface area contributed by atoms with E-state index >= 15 is 0 Å². The number of hydrogen-bond acceptors (Lipinski definition) is 2. The van der Waals surface area contributed by atoms with Gasteiger partial charge < -0.3 is 10.6 Å². The molecule has 0 aliphatic carbocycles. The smallest absolute Gasteiger partial charge is 0.221 e. The first-order valence-corrected chi connectivity index (χ1v) is 7.24. The van der Waals surface area contributed by atoms with Crippen molar-refractivity contribution in [3.63, 3.8) is 0 Å². The highest BCUT2D eigenvalue weighted by molar-refractivity contribution is 6.31. The third kappa shape index (κ3) is 3.99. The first-order chi connectivity index (χ1) is 9.97. The number of nitrogens with one attached hydrogen (secondary N) is 2. The molecule has 1 amide bonds. The zero-order valence-corrected chi connectivity index (χ0v) is 13.2. The van der Waals surface area contributed by atoms with E-state index in [0.717, 1.165) is 27.5 Å². The largest absolute Gasteiger partial charge is 0.378 e. The zero-order chi connectivity index (χ0) is 15.4. The SMILES string of the molecule is CC(=O)Nc1ccc(C)c(NC(C)c2ccccc2Cl)c1. The molecule has 1 atom stereocenters. The third-order valence-corrected chi connectivity index (χ3v) is 3.65. The highest BCUT2D eigenvalue weighted by Gasteiger charge is 2.10. The lowest BCUT2D eigenvalue weighted by Crippen LogP contribution is -2.10. The van der Waals surface area contributed by atoms with E-state index in [2.05, 4.69) is 17.6 Å². The van der Waals surface area contributed by atoms with Crippen molar-refractivity contribution in [2.75, 3.05) is 10.6 Å². The lowest BCUT2D eigenvalue weighted by atomic mass is 10.1. The van der Waals surface area contributed by atoms with E-state index in [1.54, 1.807) is 0 Å². The molecule has 2 aromatic rings. The normalized spacial score (nSPS) is 11.8. The molecule has 0 radical (unpaired) electrons. The van der Waals surface area contributed by atoms with E-state index in [4.69, 9.17) is 11.6 Å². The van der Waals surface area contributed by atoms with Gasteiger partial charge in [0.2, 0.25) is 5.91 Å². The molecular weight excluding hydrogens is 284 g/mol. The molecule has 0 saturated carbocycles. The van der Waals surface area contributed by atoms with Crippen LogP contribution in [0.2, 0.25) is 5.02 Å². The predicted octanol–water partition coefficient (Wildman–Crippen LogP) is 4.78. The Hall–Kier alpha value is -2.00. The Kier molecular flexibility index (Phi) is 4.86. The first-order valence-electron chi connectivity index (χ1n) is 6.86. The molecule has 0 aliphatic rings. The summed E-state index contributed by atoms with van der Waals surface area (Å²) in [6, 6.07) is 13.7. The van der Waals surface area contributed by atoms with Crippen molar-refractivity contribution in [3.8, 4) is 0 Å². The molecule has 3 nitrogen and oxygen atoms in total. The number of anilines is 2. The van der Waals surface area contributed by atoms with Gasteiger partial charge in [0.05, 0.1) is 0 Å². The van der Waals surface area contributed by atoms with Gasteiger partial charge in [-0.2, -0.15) is 0 Å². The van der Waals surface area contributed by atoms with E-state index in [1.165, 1.54) is 6.92 Å². The highest BCUT2D eigenvalue weighted by atomic mass is 35.5.